The van der Waals surface area contributed by atoms with E-state index in [1.165, 1.54) is 12.2 Å². The molecule has 0 radical (unpaired) electrons. The molecule has 1 atom stereocenters. The van der Waals surface area contributed by atoms with E-state index < -0.39 is 29.3 Å². The van der Waals surface area contributed by atoms with Crippen LogP contribution in [0.15, 0.2) is 12.2 Å². The highest BCUT2D eigenvalue weighted by Gasteiger charge is 2.22. The Kier molecular flexibility index (Phi) is 7.12. The van der Waals surface area contributed by atoms with Crippen molar-refractivity contribution < 1.29 is 25.3 Å². The van der Waals surface area contributed by atoms with Crippen LogP contribution >= 0.6 is 0 Å². The molecule has 21 heavy (non-hydrogen) atoms. The average molecular weight is 301 g/mol. The molecule has 6 heteroatoms. The molecule has 0 aliphatic carbocycles. The summed E-state index contributed by atoms with van der Waals surface area (Å²) in [5.74, 6) is -0.473. The Morgan fingerprint density at radius 3 is 2.05 bits per heavy atom. The second-order valence-corrected chi connectivity index (χ2v) is 6.56. The lowest BCUT2D eigenvalue weighted by molar-refractivity contribution is -0.155. The van der Waals surface area contributed by atoms with Crippen LogP contribution < -0.4 is 5.32 Å². The zero-order valence-corrected chi connectivity index (χ0v) is 13.6. The van der Waals surface area contributed by atoms with Crippen LogP contribution in [0.4, 0.5) is 4.79 Å². The smallest absolute Gasteiger partial charge is 0.408 e. The van der Waals surface area contributed by atoms with Crippen LogP contribution in [0.5, 0.6) is 0 Å². The van der Waals surface area contributed by atoms with Gasteiger partial charge in [-0.3, -0.25) is 9.59 Å². The van der Waals surface area contributed by atoms with Gasteiger partial charge in [-0.1, -0.05) is 6.08 Å². The maximum Gasteiger partial charge on any atom is 0.408 e. The largest absolute Gasteiger partial charge is 0.460 e. The molecule has 0 aromatic rings. The Balaban J connectivity index is 0. The molecular formula is C15H27NO5. The monoisotopic (exact) mass is 301 g/mol. The summed E-state index contributed by atoms with van der Waals surface area (Å²) >= 11 is 0. The van der Waals surface area contributed by atoms with Crippen LogP contribution in [0.25, 0.3) is 0 Å². The summed E-state index contributed by atoms with van der Waals surface area (Å²) in [4.78, 5) is 33.8. The maximum absolute atomic E-state index is 11.8. The van der Waals surface area contributed by atoms with E-state index in [-0.39, 0.29) is 7.85 Å². The first kappa shape index (κ1) is 19.1. The number of hydrogen-bond donors (Lipinski definition) is 1. The third-order valence-electron chi connectivity index (χ3n) is 1.93. The van der Waals surface area contributed by atoms with Gasteiger partial charge in [0.15, 0.2) is 0 Å². The Morgan fingerprint density at radius 1 is 1.10 bits per heavy atom. The quantitative estimate of drug-likeness (QED) is 0.479. The standard InChI is InChI=1S/C15H25NO5.H2/c1-14(2,3)20-12(18)10-11(8-7-9-17)16-13(19)21-15(4,5)6;/h7-9,11H,10H2,1-6H3,(H,16,19);1H/b8-7+;. The molecule has 0 fully saturated rings. The van der Waals surface area contributed by atoms with Crippen LogP contribution in [0, 0.1) is 0 Å². The Morgan fingerprint density at radius 2 is 1.62 bits per heavy atom. The molecule has 0 heterocycles. The summed E-state index contributed by atoms with van der Waals surface area (Å²) in [6.07, 6.45) is 2.46. The van der Waals surface area contributed by atoms with Crippen molar-refractivity contribution in [1.82, 2.24) is 5.32 Å². The summed E-state index contributed by atoms with van der Waals surface area (Å²) in [6, 6.07) is -0.667. The lowest BCUT2D eigenvalue weighted by atomic mass is 10.1. The van der Waals surface area contributed by atoms with Gasteiger partial charge in [-0.25, -0.2) is 4.79 Å². The van der Waals surface area contributed by atoms with Gasteiger partial charge < -0.3 is 14.8 Å². The molecule has 122 valence electrons. The van der Waals surface area contributed by atoms with Crippen molar-refractivity contribution in [2.45, 2.75) is 65.2 Å². The lowest BCUT2D eigenvalue weighted by Crippen LogP contribution is -2.40. The zero-order valence-electron chi connectivity index (χ0n) is 13.6. The molecule has 0 aromatic carbocycles. The number of esters is 1. The highest BCUT2D eigenvalue weighted by molar-refractivity contribution is 5.74. The first-order chi connectivity index (χ1) is 9.43. The summed E-state index contributed by atoms with van der Waals surface area (Å²) in [7, 11) is 0. The number of alkyl carbamates (subject to hydrolysis) is 1. The molecule has 1 amide bonds. The highest BCUT2D eigenvalue weighted by atomic mass is 16.6. The van der Waals surface area contributed by atoms with E-state index in [0.29, 0.717) is 6.29 Å². The molecule has 0 aliphatic rings. The van der Waals surface area contributed by atoms with Gasteiger partial charge >= 0.3 is 12.1 Å². The third kappa shape index (κ3) is 11.7. The molecule has 0 spiro atoms. The molecule has 1 unspecified atom stereocenters. The molecular weight excluding hydrogens is 274 g/mol. The van der Waals surface area contributed by atoms with E-state index in [2.05, 4.69) is 5.32 Å². The second kappa shape index (κ2) is 7.81. The molecule has 1 N–H and O–H groups in total. The van der Waals surface area contributed by atoms with Crippen molar-refractivity contribution >= 4 is 18.3 Å². The third-order valence-corrected chi connectivity index (χ3v) is 1.93. The molecule has 0 aliphatic heterocycles. The summed E-state index contributed by atoms with van der Waals surface area (Å²) in [5, 5.41) is 2.52. The minimum Gasteiger partial charge on any atom is -0.460 e. The van der Waals surface area contributed by atoms with Crippen molar-refractivity contribution in [1.29, 1.82) is 0 Å². The van der Waals surface area contributed by atoms with Gasteiger partial charge in [0.05, 0.1) is 12.5 Å². The van der Waals surface area contributed by atoms with Gasteiger partial charge in [-0.2, -0.15) is 0 Å². The van der Waals surface area contributed by atoms with E-state index in [1.807, 2.05) is 0 Å². The number of hydrogen-bond acceptors (Lipinski definition) is 5. The molecule has 0 bridgehead atoms. The topological polar surface area (TPSA) is 81.7 Å². The lowest BCUT2D eigenvalue weighted by Gasteiger charge is -2.23. The molecule has 6 nitrogen and oxygen atoms in total. The number of aldehydes is 1. The first-order valence-electron chi connectivity index (χ1n) is 6.76. The van der Waals surface area contributed by atoms with Crippen LogP contribution in [0.1, 0.15) is 49.4 Å². The van der Waals surface area contributed by atoms with Gasteiger partial charge in [-0.15, -0.1) is 0 Å². The molecule has 0 saturated carbocycles. The molecule has 0 rings (SSSR count). The highest BCUT2D eigenvalue weighted by Crippen LogP contribution is 2.11. The number of rotatable bonds is 5. The Hall–Kier alpha value is -1.85. The number of amides is 1. The van der Waals surface area contributed by atoms with Gasteiger partial charge in [-0.05, 0) is 47.6 Å². The minimum absolute atomic E-state index is 0. The predicted molar refractivity (Wildman–Crippen MR) is 80.9 cm³/mol. The predicted octanol–water partition coefficient (Wildman–Crippen LogP) is 2.61. The van der Waals surface area contributed by atoms with Gasteiger partial charge in [0.1, 0.15) is 17.5 Å². The number of allylic oxidation sites excluding steroid dienone is 1. The normalized spacial score (nSPS) is 13.6. The number of carbonyl (C=O) groups is 3. The van der Waals surface area contributed by atoms with Gasteiger partial charge in [0.2, 0.25) is 0 Å². The fourth-order valence-corrected chi connectivity index (χ4v) is 1.37. The Bertz CT molecular complexity index is 377. The minimum atomic E-state index is -0.667. The van der Waals surface area contributed by atoms with E-state index in [1.54, 1.807) is 41.5 Å². The van der Waals surface area contributed by atoms with Gasteiger partial charge in [0, 0.05) is 1.43 Å². The van der Waals surface area contributed by atoms with Crippen molar-refractivity contribution in [2.24, 2.45) is 0 Å². The summed E-state index contributed by atoms with van der Waals surface area (Å²) < 4.78 is 10.3. The van der Waals surface area contributed by atoms with E-state index in [0.717, 1.165) is 0 Å². The fourth-order valence-electron chi connectivity index (χ4n) is 1.37. The number of ether oxygens (including phenoxy) is 2. The number of carbonyl (C=O) groups excluding carboxylic acids is 3. The maximum atomic E-state index is 11.8. The summed E-state index contributed by atoms with van der Waals surface area (Å²) in [6.45, 7) is 10.5. The van der Waals surface area contributed by atoms with Gasteiger partial charge in [0.25, 0.3) is 0 Å². The van der Waals surface area contributed by atoms with Crippen molar-refractivity contribution in [3.05, 3.63) is 12.2 Å². The SMILES string of the molecule is CC(C)(C)OC(=O)CC(/C=C/C=O)NC(=O)OC(C)(C)C.[HH]. The van der Waals surface area contributed by atoms with Crippen molar-refractivity contribution in [2.75, 3.05) is 0 Å². The van der Waals surface area contributed by atoms with E-state index >= 15 is 0 Å². The average Bonchev–Trinajstić information content (AvgIpc) is 2.20. The van der Waals surface area contributed by atoms with E-state index in [9.17, 15) is 14.4 Å². The molecule has 0 aromatic heterocycles. The Labute approximate surface area is 127 Å². The molecule has 0 saturated heterocycles. The van der Waals surface area contributed by atoms with E-state index in [4.69, 9.17) is 9.47 Å². The van der Waals surface area contributed by atoms with Crippen molar-refractivity contribution in [3.63, 3.8) is 0 Å². The second-order valence-electron chi connectivity index (χ2n) is 6.56. The zero-order chi connectivity index (χ0) is 16.7. The van der Waals surface area contributed by atoms with Crippen LogP contribution in [0.2, 0.25) is 0 Å². The number of nitrogens with one attached hydrogen (secondary N) is 1. The van der Waals surface area contributed by atoms with Crippen LogP contribution in [-0.4, -0.2) is 35.6 Å². The van der Waals surface area contributed by atoms with Crippen LogP contribution in [-0.2, 0) is 19.1 Å². The fraction of sp³-hybridized carbons (Fsp3) is 0.667. The summed E-state index contributed by atoms with van der Waals surface area (Å²) in [5.41, 5.74) is -1.25. The van der Waals surface area contributed by atoms with Crippen molar-refractivity contribution in [3.8, 4) is 0 Å². The first-order valence-corrected chi connectivity index (χ1v) is 6.76. The van der Waals surface area contributed by atoms with Crippen LogP contribution in [0.3, 0.4) is 0 Å².